The van der Waals surface area contributed by atoms with E-state index in [0.717, 1.165) is 40.5 Å². The van der Waals surface area contributed by atoms with Crippen LogP contribution in [-0.4, -0.2) is 4.57 Å². The third-order valence-corrected chi connectivity index (χ3v) is 17.1. The van der Waals surface area contributed by atoms with Gasteiger partial charge >= 0.3 is 0 Å². The molecule has 79 heavy (non-hydrogen) atoms. The second kappa shape index (κ2) is 19.2. The molecule has 1 aromatic heterocycles. The summed E-state index contributed by atoms with van der Waals surface area (Å²) < 4.78 is 2.41. The SMILES string of the molecule is CC1(C)C2=CC(/C=C/c3ccc4c(c3)c3cc(/C=C/c5ccc6c(c5)C(C)(C)c5cc(N(c7ccccc7)c7ccccc7)ccc5-6)ccc3n4-c3ccccc3)=CCC2c2ccc(N(c3ccccc3)c3ccccc3)cc21. The molecule has 0 aliphatic heterocycles. The summed E-state index contributed by atoms with van der Waals surface area (Å²) in [6, 6.07) is 88.6. The fourth-order valence-electron chi connectivity index (χ4n) is 13.1. The van der Waals surface area contributed by atoms with Gasteiger partial charge in [-0.2, -0.15) is 0 Å². The summed E-state index contributed by atoms with van der Waals surface area (Å²) in [7, 11) is 0. The van der Waals surface area contributed by atoms with Gasteiger partial charge in [0.25, 0.3) is 0 Å². The van der Waals surface area contributed by atoms with Crippen LogP contribution in [0.25, 0.3) is 56.8 Å². The molecule has 1 heterocycles. The number of aromatic nitrogens is 1. The van der Waals surface area contributed by atoms with E-state index >= 15 is 0 Å². The Bertz CT molecular complexity index is 4170. The molecule has 0 spiro atoms. The molecule has 14 rings (SSSR count). The average Bonchev–Trinajstić information content (AvgIpc) is 4.23. The van der Waals surface area contributed by atoms with Gasteiger partial charge in [-0.3, -0.25) is 0 Å². The molecule has 0 saturated carbocycles. The van der Waals surface area contributed by atoms with E-state index in [2.05, 4.69) is 321 Å². The Hall–Kier alpha value is -9.44. The highest BCUT2D eigenvalue weighted by atomic mass is 15.1. The molecule has 1 unspecified atom stereocenters. The first-order chi connectivity index (χ1) is 38.7. The van der Waals surface area contributed by atoms with Gasteiger partial charge in [0.05, 0.1) is 11.0 Å². The monoisotopic (exact) mass is 1020 g/mol. The molecule has 10 aromatic carbocycles. The second-order valence-electron chi connectivity index (χ2n) is 22.6. The molecule has 0 bridgehead atoms. The lowest BCUT2D eigenvalue weighted by molar-refractivity contribution is 0.611. The normalized spacial score (nSPS) is 15.7. The largest absolute Gasteiger partial charge is 0.310 e. The summed E-state index contributed by atoms with van der Waals surface area (Å²) in [5.41, 5.74) is 24.7. The molecule has 3 heteroatoms. The van der Waals surface area contributed by atoms with Crippen molar-refractivity contribution in [3.8, 4) is 16.8 Å². The van der Waals surface area contributed by atoms with Gasteiger partial charge in [0, 0.05) is 67.3 Å². The van der Waals surface area contributed by atoms with Gasteiger partial charge in [0.1, 0.15) is 0 Å². The minimum atomic E-state index is -0.182. The van der Waals surface area contributed by atoms with E-state index in [1.165, 1.54) is 88.7 Å². The summed E-state index contributed by atoms with van der Waals surface area (Å²) in [5.74, 6) is 0.375. The molecular formula is C76H61N3. The van der Waals surface area contributed by atoms with Gasteiger partial charge in [-0.1, -0.05) is 203 Å². The van der Waals surface area contributed by atoms with Crippen LogP contribution >= 0.6 is 0 Å². The Morgan fingerprint density at radius 2 is 0.823 bits per heavy atom. The number of nitrogens with zero attached hydrogens (tertiary/aromatic N) is 3. The zero-order valence-corrected chi connectivity index (χ0v) is 45.2. The maximum Gasteiger partial charge on any atom is 0.0541 e. The molecular weight excluding hydrogens is 955 g/mol. The second-order valence-corrected chi connectivity index (χ2v) is 22.6. The lowest BCUT2D eigenvalue weighted by atomic mass is 9.77. The third-order valence-electron chi connectivity index (χ3n) is 17.1. The van der Waals surface area contributed by atoms with Crippen molar-refractivity contribution < 1.29 is 0 Å². The summed E-state index contributed by atoms with van der Waals surface area (Å²) in [5, 5.41) is 2.48. The number of para-hydroxylation sites is 5. The predicted molar refractivity (Wildman–Crippen MR) is 335 cm³/mol. The van der Waals surface area contributed by atoms with Gasteiger partial charge in [0.15, 0.2) is 0 Å². The minimum Gasteiger partial charge on any atom is -0.310 e. The highest BCUT2D eigenvalue weighted by Crippen LogP contribution is 2.55. The predicted octanol–water partition coefficient (Wildman–Crippen LogP) is 20.5. The number of hydrogen-bond donors (Lipinski definition) is 0. The first-order valence-electron chi connectivity index (χ1n) is 27.8. The third kappa shape index (κ3) is 8.36. The van der Waals surface area contributed by atoms with Crippen molar-refractivity contribution in [1.29, 1.82) is 0 Å². The minimum absolute atomic E-state index is 0.116. The lowest BCUT2D eigenvalue weighted by Crippen LogP contribution is -2.18. The Balaban J connectivity index is 0.756. The van der Waals surface area contributed by atoms with Crippen molar-refractivity contribution in [3.05, 3.63) is 311 Å². The first-order valence-corrected chi connectivity index (χ1v) is 27.8. The van der Waals surface area contributed by atoms with Crippen molar-refractivity contribution in [2.24, 2.45) is 0 Å². The molecule has 380 valence electrons. The first kappa shape index (κ1) is 48.0. The highest BCUT2D eigenvalue weighted by Gasteiger charge is 2.42. The maximum atomic E-state index is 2.47. The lowest BCUT2D eigenvalue weighted by Gasteiger charge is -2.28. The average molecular weight is 1020 g/mol. The van der Waals surface area contributed by atoms with Crippen LogP contribution in [-0.2, 0) is 10.8 Å². The smallest absolute Gasteiger partial charge is 0.0541 e. The van der Waals surface area contributed by atoms with Crippen molar-refractivity contribution in [1.82, 2.24) is 4.57 Å². The quantitative estimate of drug-likeness (QED) is 0.120. The van der Waals surface area contributed by atoms with E-state index in [1.807, 2.05) is 0 Å². The van der Waals surface area contributed by atoms with Crippen LogP contribution in [0.3, 0.4) is 0 Å². The van der Waals surface area contributed by atoms with Crippen molar-refractivity contribution in [2.75, 3.05) is 9.80 Å². The fraction of sp³-hybridized carbons (Fsp3) is 0.105. The Kier molecular flexibility index (Phi) is 11.7. The van der Waals surface area contributed by atoms with Gasteiger partial charge in [-0.05, 0) is 171 Å². The Morgan fingerprint density at radius 3 is 1.35 bits per heavy atom. The highest BCUT2D eigenvalue weighted by molar-refractivity contribution is 6.10. The number of allylic oxidation sites excluding steroid dienone is 5. The molecule has 1 atom stereocenters. The number of hydrogen-bond acceptors (Lipinski definition) is 2. The summed E-state index contributed by atoms with van der Waals surface area (Å²) in [6.45, 7) is 9.58. The van der Waals surface area contributed by atoms with E-state index in [9.17, 15) is 0 Å². The van der Waals surface area contributed by atoms with E-state index in [1.54, 1.807) is 0 Å². The summed E-state index contributed by atoms with van der Waals surface area (Å²) in [6.07, 6.45) is 15.1. The van der Waals surface area contributed by atoms with Crippen LogP contribution in [0.4, 0.5) is 34.1 Å². The zero-order valence-electron chi connectivity index (χ0n) is 45.2. The summed E-state index contributed by atoms with van der Waals surface area (Å²) >= 11 is 0. The van der Waals surface area contributed by atoms with Gasteiger partial charge in [0.2, 0.25) is 0 Å². The number of anilines is 6. The molecule has 3 aliphatic rings. The number of rotatable bonds is 11. The van der Waals surface area contributed by atoms with Crippen LogP contribution in [0, 0.1) is 0 Å². The van der Waals surface area contributed by atoms with Crippen LogP contribution in [0.1, 0.15) is 79.0 Å². The van der Waals surface area contributed by atoms with Crippen molar-refractivity contribution >= 4 is 74.2 Å². The molecule has 0 radical (unpaired) electrons. The van der Waals surface area contributed by atoms with Gasteiger partial charge in [-0.25, -0.2) is 0 Å². The molecule has 11 aromatic rings. The molecule has 0 amide bonds. The van der Waals surface area contributed by atoms with Gasteiger partial charge in [-0.15, -0.1) is 0 Å². The van der Waals surface area contributed by atoms with Crippen LogP contribution in [0.2, 0.25) is 0 Å². The van der Waals surface area contributed by atoms with Crippen LogP contribution in [0.5, 0.6) is 0 Å². The summed E-state index contributed by atoms with van der Waals surface area (Å²) in [4.78, 5) is 4.73. The molecule has 0 N–H and O–H groups in total. The fourth-order valence-corrected chi connectivity index (χ4v) is 13.1. The molecule has 3 aliphatic carbocycles. The van der Waals surface area contributed by atoms with E-state index in [0.29, 0.717) is 5.92 Å². The van der Waals surface area contributed by atoms with E-state index in [4.69, 9.17) is 0 Å². The Morgan fingerprint density at radius 1 is 0.392 bits per heavy atom. The zero-order chi connectivity index (χ0) is 53.2. The number of fused-ring (bicyclic) bond motifs is 9. The van der Waals surface area contributed by atoms with E-state index < -0.39 is 0 Å². The molecule has 0 saturated heterocycles. The van der Waals surface area contributed by atoms with Gasteiger partial charge < -0.3 is 14.4 Å². The van der Waals surface area contributed by atoms with Crippen molar-refractivity contribution in [2.45, 2.75) is 50.9 Å². The molecule has 3 nitrogen and oxygen atoms in total. The standard InChI is InChI=1S/C76H61N3/c1-75(2)69-48-54(34-40-63(69)65-42-38-61(50-71(65)75)77(56-20-10-5-11-21-56)57-22-12-6-13-23-57)32-30-52-36-44-73-67(46-52)68-47-53(37-45-74(68)79(73)60-28-18-9-19-29-60)31-33-55-35-41-64-66-43-39-62(51-72(66)76(3,4)70(64)49-55)78(58-24-14-7-15-25-58)59-26-16-8-17-27-59/h5-40,42-51,64H,41H2,1-4H3/b32-30+,33-31+. The molecule has 0 fully saturated rings. The van der Waals surface area contributed by atoms with Crippen LogP contribution in [0.15, 0.2) is 272 Å². The topological polar surface area (TPSA) is 11.4 Å². The van der Waals surface area contributed by atoms with E-state index in [-0.39, 0.29) is 10.8 Å². The number of benzene rings is 10. The van der Waals surface area contributed by atoms with Crippen LogP contribution < -0.4 is 9.80 Å². The maximum absolute atomic E-state index is 2.47. The Labute approximate surface area is 464 Å². The van der Waals surface area contributed by atoms with Crippen molar-refractivity contribution in [3.63, 3.8) is 0 Å².